The number of carbonyl (C=O) groups excluding carboxylic acids is 1. The molecule has 2 aliphatic rings. The zero-order valence-corrected chi connectivity index (χ0v) is 13.9. The second-order valence-electron chi connectivity index (χ2n) is 6.95. The topological polar surface area (TPSA) is 83.5 Å². The van der Waals surface area contributed by atoms with E-state index in [0.29, 0.717) is 11.5 Å². The summed E-state index contributed by atoms with van der Waals surface area (Å²) in [6.45, 7) is -2.56. The molecule has 2 saturated carbocycles. The van der Waals surface area contributed by atoms with Crippen LogP contribution in [0.2, 0.25) is 0 Å². The van der Waals surface area contributed by atoms with Crippen LogP contribution in [0, 0.1) is 11.3 Å². The van der Waals surface area contributed by atoms with Gasteiger partial charge in [-0.05, 0) is 48.6 Å². The number of halogens is 2. The van der Waals surface area contributed by atoms with Crippen molar-refractivity contribution in [2.75, 3.05) is 6.61 Å². The molecule has 0 bridgehead atoms. The molecule has 6 nitrogen and oxygen atoms in total. The highest BCUT2D eigenvalue weighted by molar-refractivity contribution is 5.74. The highest BCUT2D eigenvalue weighted by atomic mass is 19.3. The molecule has 3 unspecified atom stereocenters. The first-order valence-electron chi connectivity index (χ1n) is 8.56. The number of carbonyl (C=O) groups is 1. The third kappa shape index (κ3) is 4.18. The number of hydrogen-bond donors (Lipinski definition) is 3. The average molecular weight is 355 g/mol. The predicted octanol–water partition coefficient (Wildman–Crippen LogP) is 2.42. The number of ether oxygens (including phenoxy) is 1. The fraction of sp³-hybridized carbons (Fsp3) is 0.647. The monoisotopic (exact) mass is 355 g/mol. The summed E-state index contributed by atoms with van der Waals surface area (Å²) >= 11 is 0. The first-order valence-corrected chi connectivity index (χ1v) is 8.56. The fourth-order valence-corrected chi connectivity index (χ4v) is 4.28. The molecule has 3 rings (SSSR count). The summed E-state index contributed by atoms with van der Waals surface area (Å²) in [5.74, 6) is 0.306. The van der Waals surface area contributed by atoms with Crippen LogP contribution < -0.4 is 15.4 Å². The lowest BCUT2D eigenvalue weighted by Crippen LogP contribution is -2.41. The Morgan fingerprint density at radius 3 is 3.08 bits per heavy atom. The van der Waals surface area contributed by atoms with Crippen LogP contribution in [-0.4, -0.2) is 35.4 Å². The van der Waals surface area contributed by atoms with Gasteiger partial charge in [0.15, 0.2) is 0 Å². The second kappa shape index (κ2) is 7.51. The number of nitrogens with one attached hydrogen (secondary N) is 2. The third-order valence-corrected chi connectivity index (χ3v) is 5.43. The van der Waals surface area contributed by atoms with Gasteiger partial charge in [-0.1, -0.05) is 6.42 Å². The lowest BCUT2D eigenvalue weighted by Gasteiger charge is -2.26. The van der Waals surface area contributed by atoms with E-state index >= 15 is 0 Å². The van der Waals surface area contributed by atoms with Gasteiger partial charge in [-0.2, -0.15) is 8.78 Å². The van der Waals surface area contributed by atoms with E-state index in [-0.39, 0.29) is 36.5 Å². The molecule has 2 amide bonds. The number of amides is 2. The molecule has 3 atom stereocenters. The summed E-state index contributed by atoms with van der Waals surface area (Å²) < 4.78 is 28.6. The molecule has 2 fully saturated rings. The highest BCUT2D eigenvalue weighted by Gasteiger charge is 2.49. The van der Waals surface area contributed by atoms with E-state index in [2.05, 4.69) is 20.4 Å². The van der Waals surface area contributed by atoms with E-state index in [1.807, 2.05) is 0 Å². The van der Waals surface area contributed by atoms with Crippen molar-refractivity contribution >= 4 is 6.03 Å². The Bertz CT molecular complexity index is 617. The van der Waals surface area contributed by atoms with Crippen molar-refractivity contribution in [3.05, 3.63) is 23.9 Å². The van der Waals surface area contributed by atoms with E-state index in [1.54, 1.807) is 6.07 Å². The number of alkyl halides is 2. The summed E-state index contributed by atoms with van der Waals surface area (Å²) in [7, 11) is 0. The molecule has 8 heteroatoms. The number of fused-ring (bicyclic) bond motifs is 1. The molecule has 0 spiro atoms. The van der Waals surface area contributed by atoms with Gasteiger partial charge in [0.2, 0.25) is 5.88 Å². The van der Waals surface area contributed by atoms with Gasteiger partial charge in [0.05, 0.1) is 0 Å². The Labute approximate surface area is 145 Å². The number of aromatic nitrogens is 1. The van der Waals surface area contributed by atoms with Gasteiger partial charge in [0.25, 0.3) is 0 Å². The number of pyridine rings is 1. The molecule has 138 valence electrons. The van der Waals surface area contributed by atoms with Gasteiger partial charge in [-0.25, -0.2) is 9.78 Å². The molecular weight excluding hydrogens is 332 g/mol. The maximum absolute atomic E-state index is 12.2. The van der Waals surface area contributed by atoms with Gasteiger partial charge in [-0.15, -0.1) is 0 Å². The number of rotatable bonds is 6. The quantitative estimate of drug-likeness (QED) is 0.732. The Kier molecular flexibility index (Phi) is 5.36. The van der Waals surface area contributed by atoms with Crippen molar-refractivity contribution in [3.63, 3.8) is 0 Å². The van der Waals surface area contributed by atoms with Crippen molar-refractivity contribution in [2.24, 2.45) is 11.3 Å². The minimum Gasteiger partial charge on any atom is -0.417 e. The van der Waals surface area contributed by atoms with Crippen LogP contribution in [0.3, 0.4) is 0 Å². The molecule has 0 radical (unpaired) electrons. The lowest BCUT2D eigenvalue weighted by atomic mass is 9.81. The van der Waals surface area contributed by atoms with Crippen molar-refractivity contribution in [2.45, 2.75) is 51.3 Å². The van der Waals surface area contributed by atoms with Crippen molar-refractivity contribution < 1.29 is 23.4 Å². The van der Waals surface area contributed by atoms with E-state index < -0.39 is 6.61 Å². The first-order chi connectivity index (χ1) is 12.0. The summed E-state index contributed by atoms with van der Waals surface area (Å²) in [5.41, 5.74) is 0.598. The molecular formula is C17H23F2N3O3. The van der Waals surface area contributed by atoms with E-state index in [4.69, 9.17) is 0 Å². The molecule has 0 saturated heterocycles. The minimum absolute atomic E-state index is 0.0233. The Balaban J connectivity index is 1.47. The summed E-state index contributed by atoms with van der Waals surface area (Å²) in [6, 6.07) is 2.76. The number of nitrogens with zero attached hydrogens (tertiary/aromatic N) is 1. The van der Waals surface area contributed by atoms with Crippen molar-refractivity contribution in [3.8, 4) is 5.88 Å². The minimum atomic E-state index is -2.93. The molecule has 3 N–H and O–H groups in total. The molecule has 25 heavy (non-hydrogen) atoms. The average Bonchev–Trinajstić information content (AvgIpc) is 3.09. The van der Waals surface area contributed by atoms with E-state index in [0.717, 1.165) is 32.1 Å². The molecule has 1 heterocycles. The van der Waals surface area contributed by atoms with Crippen LogP contribution >= 0.6 is 0 Å². The van der Waals surface area contributed by atoms with Gasteiger partial charge in [0, 0.05) is 31.5 Å². The van der Waals surface area contributed by atoms with E-state index in [1.165, 1.54) is 12.3 Å². The Hall–Kier alpha value is -1.96. The van der Waals surface area contributed by atoms with Crippen LogP contribution in [0.1, 0.15) is 37.7 Å². The summed E-state index contributed by atoms with van der Waals surface area (Å²) in [5, 5.41) is 15.4. The van der Waals surface area contributed by atoms with E-state index in [9.17, 15) is 18.7 Å². The zero-order valence-electron chi connectivity index (χ0n) is 13.9. The standard InChI is InChI=1S/C17H23F2N3O3/c18-15(19)25-14-6-11(3-5-20-14)9-21-16(24)22-13-7-12-2-1-4-17(12,8-13)10-23/h3,5-6,12-13,15,23H,1-2,4,7-10H2,(H2,21,22,24). The highest BCUT2D eigenvalue weighted by Crippen LogP contribution is 2.53. The molecule has 0 aromatic carbocycles. The van der Waals surface area contributed by atoms with Crippen molar-refractivity contribution in [1.82, 2.24) is 15.6 Å². The van der Waals surface area contributed by atoms with Crippen LogP contribution in [0.4, 0.5) is 13.6 Å². The molecule has 0 aliphatic heterocycles. The van der Waals surface area contributed by atoms with Crippen LogP contribution in [0.15, 0.2) is 18.3 Å². The van der Waals surface area contributed by atoms with Gasteiger partial charge < -0.3 is 20.5 Å². The second-order valence-corrected chi connectivity index (χ2v) is 6.95. The maximum Gasteiger partial charge on any atom is 0.388 e. The number of hydrogen-bond acceptors (Lipinski definition) is 4. The molecule has 1 aromatic rings. The van der Waals surface area contributed by atoms with Gasteiger partial charge in [-0.3, -0.25) is 0 Å². The number of urea groups is 1. The van der Waals surface area contributed by atoms with Crippen LogP contribution in [-0.2, 0) is 6.54 Å². The van der Waals surface area contributed by atoms with Crippen LogP contribution in [0.25, 0.3) is 0 Å². The van der Waals surface area contributed by atoms with Crippen molar-refractivity contribution in [1.29, 1.82) is 0 Å². The largest absolute Gasteiger partial charge is 0.417 e. The predicted molar refractivity (Wildman–Crippen MR) is 86.1 cm³/mol. The lowest BCUT2D eigenvalue weighted by molar-refractivity contribution is -0.0529. The van der Waals surface area contributed by atoms with Crippen LogP contribution in [0.5, 0.6) is 5.88 Å². The molecule has 2 aliphatic carbocycles. The number of aliphatic hydroxyl groups is 1. The Morgan fingerprint density at radius 2 is 2.36 bits per heavy atom. The third-order valence-electron chi connectivity index (χ3n) is 5.43. The maximum atomic E-state index is 12.2. The Morgan fingerprint density at radius 1 is 1.52 bits per heavy atom. The normalized spacial score (nSPS) is 28.0. The summed E-state index contributed by atoms with van der Waals surface area (Å²) in [4.78, 5) is 15.8. The molecule has 1 aromatic heterocycles. The van der Waals surface area contributed by atoms with Gasteiger partial charge >= 0.3 is 12.6 Å². The fourth-order valence-electron chi connectivity index (χ4n) is 4.28. The number of aliphatic hydroxyl groups excluding tert-OH is 1. The van der Waals surface area contributed by atoms with Gasteiger partial charge in [0.1, 0.15) is 0 Å². The smallest absolute Gasteiger partial charge is 0.388 e. The SMILES string of the molecule is O=C(NCc1ccnc(OC(F)F)c1)NC1CC2CCCC2(CO)C1. The zero-order chi connectivity index (χ0) is 17.9. The summed E-state index contributed by atoms with van der Waals surface area (Å²) in [6.07, 6.45) is 6.35. The first kappa shape index (κ1) is 17.8.